The first-order chi connectivity index (χ1) is 10.1. The summed E-state index contributed by atoms with van der Waals surface area (Å²) < 4.78 is 6.93. The van der Waals surface area contributed by atoms with E-state index in [1.54, 1.807) is 7.11 Å². The van der Waals surface area contributed by atoms with E-state index in [-0.39, 0.29) is 5.91 Å². The van der Waals surface area contributed by atoms with E-state index in [0.717, 1.165) is 28.5 Å². The van der Waals surface area contributed by atoms with Crippen molar-refractivity contribution in [3.8, 4) is 0 Å². The zero-order chi connectivity index (χ0) is 15.2. The summed E-state index contributed by atoms with van der Waals surface area (Å²) >= 11 is 6.87. The van der Waals surface area contributed by atoms with Gasteiger partial charge in [-0.3, -0.25) is 4.79 Å². The second kappa shape index (κ2) is 8.27. The summed E-state index contributed by atoms with van der Waals surface area (Å²) in [5.41, 5.74) is 0.686. The van der Waals surface area contributed by atoms with Gasteiger partial charge in [-0.2, -0.15) is 0 Å². The van der Waals surface area contributed by atoms with Crippen molar-refractivity contribution in [1.82, 2.24) is 10.2 Å². The quantitative estimate of drug-likeness (QED) is 0.770. The Kier molecular flexibility index (Phi) is 6.67. The summed E-state index contributed by atoms with van der Waals surface area (Å²) in [5, 5.41) is 3.44. The lowest BCUT2D eigenvalue weighted by Crippen LogP contribution is -2.42. The fraction of sp³-hybridized carbons (Fsp3) is 0.533. The van der Waals surface area contributed by atoms with Crippen LogP contribution in [0.5, 0.6) is 0 Å². The summed E-state index contributed by atoms with van der Waals surface area (Å²) in [7, 11) is 1.66. The Morgan fingerprint density at radius 2 is 2.10 bits per heavy atom. The van der Waals surface area contributed by atoms with Gasteiger partial charge in [0, 0.05) is 40.8 Å². The van der Waals surface area contributed by atoms with Gasteiger partial charge in [-0.15, -0.1) is 0 Å². The third-order valence-electron chi connectivity index (χ3n) is 3.57. The number of amides is 1. The van der Waals surface area contributed by atoms with E-state index in [4.69, 9.17) is 4.74 Å². The van der Waals surface area contributed by atoms with Crippen LogP contribution >= 0.6 is 31.9 Å². The second-order valence-electron chi connectivity index (χ2n) is 5.20. The lowest BCUT2D eigenvalue weighted by atomic mass is 10.1. The summed E-state index contributed by atoms with van der Waals surface area (Å²) in [5.74, 6) is 0.0442. The molecule has 1 fully saturated rings. The fourth-order valence-electron chi connectivity index (χ4n) is 2.52. The molecule has 1 atom stereocenters. The number of nitrogens with one attached hydrogen (secondary N) is 1. The highest BCUT2D eigenvalue weighted by molar-refractivity contribution is 9.11. The average molecular weight is 420 g/mol. The molecule has 4 nitrogen and oxygen atoms in total. The first-order valence-corrected chi connectivity index (χ1v) is 8.66. The highest BCUT2D eigenvalue weighted by Crippen LogP contribution is 2.21. The lowest BCUT2D eigenvalue weighted by molar-refractivity contribution is 0.0679. The molecule has 1 heterocycles. The predicted molar refractivity (Wildman–Crippen MR) is 90.6 cm³/mol. The second-order valence-corrected chi connectivity index (χ2v) is 7.03. The number of nitrogens with zero attached hydrogens (tertiary/aromatic N) is 1. The number of benzene rings is 1. The number of hydrogen-bond acceptors (Lipinski definition) is 3. The summed E-state index contributed by atoms with van der Waals surface area (Å²) in [6.45, 7) is 2.93. The number of rotatable bonds is 6. The predicted octanol–water partition coefficient (Wildman–Crippen LogP) is 3.05. The summed E-state index contributed by atoms with van der Waals surface area (Å²) in [6, 6.07) is 6.03. The maximum Gasteiger partial charge on any atom is 0.254 e. The van der Waals surface area contributed by atoms with Crippen LogP contribution in [-0.2, 0) is 4.74 Å². The van der Waals surface area contributed by atoms with Crippen LogP contribution in [0.3, 0.4) is 0 Å². The molecular weight excluding hydrogens is 400 g/mol. The van der Waals surface area contributed by atoms with Crippen LogP contribution in [0, 0.1) is 0 Å². The van der Waals surface area contributed by atoms with Crippen molar-refractivity contribution in [3.63, 3.8) is 0 Å². The van der Waals surface area contributed by atoms with Gasteiger partial charge in [0.15, 0.2) is 0 Å². The van der Waals surface area contributed by atoms with Crippen molar-refractivity contribution in [2.45, 2.75) is 18.9 Å². The maximum atomic E-state index is 12.7. The van der Waals surface area contributed by atoms with E-state index in [0.29, 0.717) is 24.8 Å². The molecule has 1 N–H and O–H groups in total. The van der Waals surface area contributed by atoms with E-state index >= 15 is 0 Å². The molecule has 1 aromatic rings. The molecular formula is C15H20Br2N2O2. The summed E-state index contributed by atoms with van der Waals surface area (Å²) in [6.07, 6.45) is 2.30. The van der Waals surface area contributed by atoms with Gasteiger partial charge in [0.1, 0.15) is 0 Å². The third kappa shape index (κ3) is 5.06. The van der Waals surface area contributed by atoms with Gasteiger partial charge >= 0.3 is 0 Å². The maximum absolute atomic E-state index is 12.7. The van der Waals surface area contributed by atoms with E-state index in [1.165, 1.54) is 6.42 Å². The fourth-order valence-corrected chi connectivity index (χ4v) is 3.81. The molecule has 0 aliphatic carbocycles. The highest BCUT2D eigenvalue weighted by Gasteiger charge is 2.22. The molecule has 1 unspecified atom stereocenters. The monoisotopic (exact) mass is 418 g/mol. The number of ether oxygens (including phenoxy) is 1. The van der Waals surface area contributed by atoms with Crippen LogP contribution in [0.1, 0.15) is 23.2 Å². The molecule has 116 valence electrons. The molecule has 0 radical (unpaired) electrons. The minimum atomic E-state index is 0.0442. The third-order valence-corrected chi connectivity index (χ3v) is 4.48. The van der Waals surface area contributed by atoms with Crippen molar-refractivity contribution in [3.05, 3.63) is 32.7 Å². The minimum absolute atomic E-state index is 0.0442. The Morgan fingerprint density at radius 1 is 1.38 bits per heavy atom. The van der Waals surface area contributed by atoms with Crippen molar-refractivity contribution in [2.24, 2.45) is 0 Å². The average Bonchev–Trinajstić information content (AvgIpc) is 2.94. The van der Waals surface area contributed by atoms with Crippen LogP contribution in [-0.4, -0.2) is 50.2 Å². The van der Waals surface area contributed by atoms with Crippen LogP contribution in [0.4, 0.5) is 0 Å². The summed E-state index contributed by atoms with van der Waals surface area (Å²) in [4.78, 5) is 14.6. The number of halogens is 2. The van der Waals surface area contributed by atoms with Gasteiger partial charge in [0.2, 0.25) is 0 Å². The van der Waals surface area contributed by atoms with Crippen LogP contribution in [0.25, 0.3) is 0 Å². The van der Waals surface area contributed by atoms with Crippen molar-refractivity contribution >= 4 is 37.8 Å². The smallest absolute Gasteiger partial charge is 0.254 e. The molecule has 1 aromatic carbocycles. The SMILES string of the molecule is COCCN(CC1CCCN1)C(=O)c1cc(Br)cc(Br)c1. The molecule has 21 heavy (non-hydrogen) atoms. The van der Waals surface area contributed by atoms with E-state index in [9.17, 15) is 4.79 Å². The number of hydrogen-bond donors (Lipinski definition) is 1. The van der Waals surface area contributed by atoms with Crippen LogP contribution in [0.15, 0.2) is 27.1 Å². The minimum Gasteiger partial charge on any atom is -0.383 e. The highest BCUT2D eigenvalue weighted by atomic mass is 79.9. The normalized spacial score (nSPS) is 18.0. The van der Waals surface area contributed by atoms with E-state index in [1.807, 2.05) is 23.1 Å². The van der Waals surface area contributed by atoms with Gasteiger partial charge in [-0.25, -0.2) is 0 Å². The van der Waals surface area contributed by atoms with Crippen molar-refractivity contribution in [1.29, 1.82) is 0 Å². The molecule has 0 spiro atoms. The number of methoxy groups -OCH3 is 1. The number of carbonyl (C=O) groups is 1. The molecule has 1 saturated heterocycles. The molecule has 0 aromatic heterocycles. The standard InChI is InChI=1S/C15H20Br2N2O2/c1-21-6-5-19(10-14-3-2-4-18-14)15(20)11-7-12(16)9-13(17)8-11/h7-9,14,18H,2-6,10H2,1H3. The topological polar surface area (TPSA) is 41.6 Å². The van der Waals surface area contributed by atoms with Crippen LogP contribution in [0.2, 0.25) is 0 Å². The Hall–Kier alpha value is -0.430. The molecule has 1 aliphatic rings. The molecule has 6 heteroatoms. The van der Waals surface area contributed by atoms with Crippen molar-refractivity contribution < 1.29 is 9.53 Å². The zero-order valence-electron chi connectivity index (χ0n) is 12.1. The molecule has 1 aliphatic heterocycles. The Balaban J connectivity index is 2.11. The Bertz CT molecular complexity index is 470. The van der Waals surface area contributed by atoms with Gasteiger partial charge in [-0.1, -0.05) is 31.9 Å². The van der Waals surface area contributed by atoms with Gasteiger partial charge < -0.3 is 15.0 Å². The van der Waals surface area contributed by atoms with Gasteiger partial charge in [0.25, 0.3) is 5.91 Å². The Morgan fingerprint density at radius 3 is 2.67 bits per heavy atom. The van der Waals surface area contributed by atoms with E-state index < -0.39 is 0 Å². The lowest BCUT2D eigenvalue weighted by Gasteiger charge is -2.26. The van der Waals surface area contributed by atoms with Crippen molar-refractivity contribution in [2.75, 3.05) is 33.4 Å². The number of carbonyl (C=O) groups excluding carboxylic acids is 1. The van der Waals surface area contributed by atoms with Gasteiger partial charge in [0.05, 0.1) is 6.61 Å². The molecule has 0 bridgehead atoms. The Labute approximate surface area is 142 Å². The first kappa shape index (κ1) is 16.9. The van der Waals surface area contributed by atoms with Gasteiger partial charge in [-0.05, 0) is 37.6 Å². The van der Waals surface area contributed by atoms with E-state index in [2.05, 4.69) is 37.2 Å². The molecule has 2 rings (SSSR count). The molecule has 0 saturated carbocycles. The van der Waals surface area contributed by atoms with Crippen LogP contribution < -0.4 is 5.32 Å². The zero-order valence-corrected chi connectivity index (χ0v) is 15.2. The first-order valence-electron chi connectivity index (χ1n) is 7.08. The largest absolute Gasteiger partial charge is 0.383 e. The molecule has 1 amide bonds.